The van der Waals surface area contributed by atoms with Crippen LogP contribution in [0.1, 0.15) is 22.6 Å². The third-order valence-corrected chi connectivity index (χ3v) is 3.19. The minimum Gasteiger partial charge on any atom is -0.390 e. The van der Waals surface area contributed by atoms with Crippen molar-refractivity contribution in [2.45, 2.75) is 6.42 Å². The number of nitrogen functional groups attached to an aromatic ring is 1. The number of nitrogens with zero attached hydrogens (tertiary/aromatic N) is 2. The first-order valence-corrected chi connectivity index (χ1v) is 7.43. The molecule has 1 aromatic rings. The summed E-state index contributed by atoms with van der Waals surface area (Å²) in [5.41, 5.74) is 7.03. The zero-order valence-electron chi connectivity index (χ0n) is 11.6. The van der Waals surface area contributed by atoms with E-state index in [2.05, 4.69) is 19.1 Å². The van der Waals surface area contributed by atoms with Crippen LogP contribution in [-0.4, -0.2) is 15.9 Å². The molecule has 1 aliphatic carbocycles. The SMILES string of the molecule is Nc1ncc(C2=C/C=C\C=C/C\C=C/C=C\2)nc1C(=O)OI. The van der Waals surface area contributed by atoms with Gasteiger partial charge in [0.1, 0.15) is 0 Å². The minimum atomic E-state index is -0.618. The Morgan fingerprint density at radius 2 is 1.95 bits per heavy atom. The second-order valence-corrected chi connectivity index (χ2v) is 4.75. The Morgan fingerprint density at radius 3 is 2.73 bits per heavy atom. The van der Waals surface area contributed by atoms with Gasteiger partial charge in [0.2, 0.25) is 0 Å². The third kappa shape index (κ3) is 4.39. The van der Waals surface area contributed by atoms with Gasteiger partial charge in [0.25, 0.3) is 0 Å². The summed E-state index contributed by atoms with van der Waals surface area (Å²) >= 11 is 1.50. The number of carbonyl (C=O) groups excluding carboxylic acids is 1. The average molecular weight is 407 g/mol. The van der Waals surface area contributed by atoms with E-state index in [1.54, 1.807) is 0 Å². The number of carbonyl (C=O) groups is 1. The molecule has 0 amide bonds. The molecule has 0 saturated heterocycles. The molecule has 0 unspecified atom stereocenters. The predicted octanol–water partition coefficient (Wildman–Crippen LogP) is 3.58. The zero-order valence-corrected chi connectivity index (χ0v) is 13.8. The first kappa shape index (κ1) is 16.2. The van der Waals surface area contributed by atoms with E-state index in [4.69, 9.17) is 5.73 Å². The maximum Gasteiger partial charge on any atom is 0.370 e. The fraction of sp³-hybridized carbons (Fsp3) is 0.0625. The lowest BCUT2D eigenvalue weighted by Crippen LogP contribution is -2.09. The molecule has 1 aliphatic rings. The fourth-order valence-corrected chi connectivity index (χ4v) is 1.93. The highest BCUT2D eigenvalue weighted by molar-refractivity contribution is 14.1. The summed E-state index contributed by atoms with van der Waals surface area (Å²) in [5, 5.41) is 0. The Morgan fingerprint density at radius 1 is 1.18 bits per heavy atom. The van der Waals surface area contributed by atoms with Crippen LogP contribution in [0, 0.1) is 0 Å². The molecule has 6 heteroatoms. The highest BCUT2D eigenvalue weighted by Gasteiger charge is 2.15. The summed E-state index contributed by atoms with van der Waals surface area (Å²) in [7, 11) is 0. The Bertz CT molecular complexity index is 703. The van der Waals surface area contributed by atoms with E-state index in [1.807, 2.05) is 48.6 Å². The first-order valence-electron chi connectivity index (χ1n) is 6.55. The van der Waals surface area contributed by atoms with Gasteiger partial charge < -0.3 is 8.80 Å². The van der Waals surface area contributed by atoms with Gasteiger partial charge in [0.15, 0.2) is 34.5 Å². The molecule has 0 atom stereocenters. The molecular weight excluding hydrogens is 393 g/mol. The molecular formula is C16H14IN3O2. The van der Waals surface area contributed by atoms with E-state index in [9.17, 15) is 4.79 Å². The molecule has 22 heavy (non-hydrogen) atoms. The number of rotatable bonds is 2. The van der Waals surface area contributed by atoms with Crippen molar-refractivity contribution in [1.29, 1.82) is 0 Å². The molecule has 0 spiro atoms. The van der Waals surface area contributed by atoms with Crippen molar-refractivity contribution in [3.05, 3.63) is 72.3 Å². The van der Waals surface area contributed by atoms with Crippen molar-refractivity contribution >= 4 is 40.4 Å². The van der Waals surface area contributed by atoms with E-state index in [0.717, 1.165) is 12.0 Å². The van der Waals surface area contributed by atoms with Crippen LogP contribution in [0.25, 0.3) is 5.57 Å². The number of hydrogen-bond donors (Lipinski definition) is 1. The van der Waals surface area contributed by atoms with Crippen LogP contribution >= 0.6 is 23.0 Å². The summed E-state index contributed by atoms with van der Waals surface area (Å²) in [5.74, 6) is -0.572. The molecule has 5 nitrogen and oxygen atoms in total. The lowest BCUT2D eigenvalue weighted by molar-refractivity contribution is 0.0795. The van der Waals surface area contributed by atoms with Gasteiger partial charge in [0, 0.05) is 5.57 Å². The highest BCUT2D eigenvalue weighted by atomic mass is 127. The molecule has 0 aromatic carbocycles. The maximum absolute atomic E-state index is 11.7. The molecule has 0 saturated carbocycles. The van der Waals surface area contributed by atoms with Crippen LogP contribution in [0.2, 0.25) is 0 Å². The standard InChI is InChI=1S/C16H14IN3O2/c17-22-16(21)14-15(18)19-11-13(20-14)12-9-7-5-3-1-2-4-6-8-10-12/h1,3-11H,2H2,(H2,18,19)/b3-1-,6-4-,7-5-,10-8-,12-9+. The fourth-order valence-electron chi connectivity index (χ4n) is 1.73. The first-order chi connectivity index (χ1) is 10.7. The van der Waals surface area contributed by atoms with Gasteiger partial charge in [-0.05, 0) is 6.42 Å². The molecule has 0 radical (unpaired) electrons. The van der Waals surface area contributed by atoms with Crippen molar-refractivity contribution in [3.8, 4) is 0 Å². The van der Waals surface area contributed by atoms with E-state index in [0.29, 0.717) is 5.69 Å². The normalized spacial score (nSPS) is 22.5. The Kier molecular flexibility index (Phi) is 6.08. The second kappa shape index (κ2) is 8.28. The van der Waals surface area contributed by atoms with Crippen molar-refractivity contribution in [2.75, 3.05) is 5.73 Å². The van der Waals surface area contributed by atoms with Gasteiger partial charge >= 0.3 is 5.97 Å². The van der Waals surface area contributed by atoms with E-state index in [1.165, 1.54) is 29.2 Å². The quantitative estimate of drug-likeness (QED) is 0.759. The molecule has 0 aliphatic heterocycles. The lowest BCUT2D eigenvalue weighted by Gasteiger charge is -2.05. The molecule has 0 bridgehead atoms. The Labute approximate surface area is 142 Å². The molecule has 2 N–H and O–H groups in total. The molecule has 1 aromatic heterocycles. The average Bonchev–Trinajstić information content (AvgIpc) is 2.60. The van der Waals surface area contributed by atoms with Crippen LogP contribution in [0.5, 0.6) is 0 Å². The van der Waals surface area contributed by atoms with Gasteiger partial charge in [-0.3, -0.25) is 0 Å². The van der Waals surface area contributed by atoms with Crippen molar-refractivity contribution < 1.29 is 7.86 Å². The number of aromatic nitrogens is 2. The Balaban J connectivity index is 2.43. The second-order valence-electron chi connectivity index (χ2n) is 4.31. The number of nitrogens with two attached hydrogens (primary N) is 1. The predicted molar refractivity (Wildman–Crippen MR) is 95.0 cm³/mol. The van der Waals surface area contributed by atoms with Crippen LogP contribution in [-0.2, 0) is 3.07 Å². The van der Waals surface area contributed by atoms with E-state index < -0.39 is 5.97 Å². The number of anilines is 1. The smallest absolute Gasteiger partial charge is 0.370 e. The monoisotopic (exact) mass is 407 g/mol. The Hall–Kier alpha value is -2.22. The van der Waals surface area contributed by atoms with Gasteiger partial charge in [-0.15, -0.1) is 0 Å². The summed E-state index contributed by atoms with van der Waals surface area (Å²) in [6, 6.07) is 0. The summed E-state index contributed by atoms with van der Waals surface area (Å²) in [6.45, 7) is 0. The largest absolute Gasteiger partial charge is 0.390 e. The van der Waals surface area contributed by atoms with Crippen LogP contribution in [0.15, 0.2) is 60.9 Å². The summed E-state index contributed by atoms with van der Waals surface area (Å²) < 4.78 is 4.63. The van der Waals surface area contributed by atoms with E-state index in [-0.39, 0.29) is 11.5 Å². The zero-order chi connectivity index (χ0) is 15.8. The van der Waals surface area contributed by atoms with Gasteiger partial charge in [-0.25, -0.2) is 14.8 Å². The van der Waals surface area contributed by atoms with Gasteiger partial charge in [-0.1, -0.05) is 54.7 Å². The molecule has 0 fully saturated rings. The number of hydrogen-bond acceptors (Lipinski definition) is 5. The number of allylic oxidation sites excluding steroid dienone is 10. The number of halogens is 1. The topological polar surface area (TPSA) is 78.1 Å². The third-order valence-electron chi connectivity index (χ3n) is 2.79. The van der Waals surface area contributed by atoms with Gasteiger partial charge in [-0.2, -0.15) is 0 Å². The highest BCUT2D eigenvalue weighted by Crippen LogP contribution is 2.17. The molecule has 112 valence electrons. The minimum absolute atomic E-state index is 0.00920. The van der Waals surface area contributed by atoms with Crippen molar-refractivity contribution in [2.24, 2.45) is 0 Å². The summed E-state index contributed by atoms with van der Waals surface area (Å²) in [4.78, 5) is 19.9. The van der Waals surface area contributed by atoms with Crippen LogP contribution in [0.4, 0.5) is 5.82 Å². The van der Waals surface area contributed by atoms with Crippen molar-refractivity contribution in [3.63, 3.8) is 0 Å². The van der Waals surface area contributed by atoms with E-state index >= 15 is 0 Å². The van der Waals surface area contributed by atoms with Crippen LogP contribution < -0.4 is 5.73 Å². The maximum atomic E-state index is 11.7. The molecule has 1 heterocycles. The van der Waals surface area contributed by atoms with Crippen molar-refractivity contribution in [1.82, 2.24) is 9.97 Å². The lowest BCUT2D eigenvalue weighted by atomic mass is 10.1. The van der Waals surface area contributed by atoms with Gasteiger partial charge in [0.05, 0.1) is 11.9 Å². The molecule has 2 rings (SSSR count). The van der Waals surface area contributed by atoms with Crippen LogP contribution in [0.3, 0.4) is 0 Å². The summed E-state index contributed by atoms with van der Waals surface area (Å²) in [6.07, 6.45) is 19.9.